The van der Waals surface area contributed by atoms with E-state index < -0.39 is 0 Å². The average molecular weight is 838 g/mol. The lowest BCUT2D eigenvalue weighted by molar-refractivity contribution is 0.332. The zero-order valence-corrected chi connectivity index (χ0v) is 41.3. The highest BCUT2D eigenvalue weighted by atomic mass is 32.1. The van der Waals surface area contributed by atoms with Crippen molar-refractivity contribution in [2.45, 2.75) is 156 Å². The standard InChI is InChI=1S/C57H68BN3S/c1-52(2,3)36-19-17-35(18-20-36)50-59-49-51(62-50)61(41-26-27-42-43(34-41)57(15,16)30-29-56(42,13)14)47-33-39(55(10,11)12)32-46-48(47)58(49)44-31-38(54(7,8)9)23-28-45(44)60(46)40-24-21-37(22-25-40)53(4,5)6/h17-28,31-34H,29-30H2,1-16H3. The molecule has 0 saturated carbocycles. The molecule has 3 heterocycles. The fourth-order valence-corrected chi connectivity index (χ4v) is 11.3. The zero-order chi connectivity index (χ0) is 44.7. The van der Waals surface area contributed by atoms with E-state index in [-0.39, 0.29) is 39.2 Å². The van der Waals surface area contributed by atoms with Crippen molar-refractivity contribution in [2.75, 3.05) is 9.80 Å². The van der Waals surface area contributed by atoms with E-state index >= 15 is 0 Å². The smallest absolute Gasteiger partial charge is 0.276 e. The summed E-state index contributed by atoms with van der Waals surface area (Å²) in [6, 6.07) is 38.3. The number of hydrogen-bond donors (Lipinski definition) is 0. The van der Waals surface area contributed by atoms with Crippen LogP contribution >= 0.6 is 11.3 Å². The number of anilines is 6. The molecule has 0 atom stereocenters. The summed E-state index contributed by atoms with van der Waals surface area (Å²) in [6.45, 7) is 37.6. The van der Waals surface area contributed by atoms with Crippen molar-refractivity contribution in [1.29, 1.82) is 0 Å². The van der Waals surface area contributed by atoms with Crippen LogP contribution in [-0.4, -0.2) is 11.7 Å². The first-order valence-electron chi connectivity index (χ1n) is 23.0. The van der Waals surface area contributed by atoms with Crippen LogP contribution < -0.4 is 26.3 Å². The van der Waals surface area contributed by atoms with Gasteiger partial charge in [0, 0.05) is 34.0 Å². The van der Waals surface area contributed by atoms with Gasteiger partial charge in [0.25, 0.3) is 6.71 Å². The van der Waals surface area contributed by atoms with Crippen LogP contribution in [0.25, 0.3) is 10.6 Å². The van der Waals surface area contributed by atoms with Gasteiger partial charge >= 0.3 is 0 Å². The van der Waals surface area contributed by atoms with Gasteiger partial charge in [0.15, 0.2) is 0 Å². The molecule has 0 N–H and O–H groups in total. The average Bonchev–Trinajstić information content (AvgIpc) is 3.63. The highest BCUT2D eigenvalue weighted by Crippen LogP contribution is 2.52. The van der Waals surface area contributed by atoms with Gasteiger partial charge in [-0.1, -0.05) is 177 Å². The third kappa shape index (κ3) is 7.06. The third-order valence-electron chi connectivity index (χ3n) is 14.4. The van der Waals surface area contributed by atoms with Gasteiger partial charge in [-0.3, -0.25) is 0 Å². The highest BCUT2D eigenvalue weighted by molar-refractivity contribution is 7.22. The van der Waals surface area contributed by atoms with E-state index in [1.165, 1.54) is 96.1 Å². The van der Waals surface area contributed by atoms with Gasteiger partial charge < -0.3 is 9.80 Å². The monoisotopic (exact) mass is 838 g/mol. The molecular formula is C57H68BN3S. The number of hydrogen-bond acceptors (Lipinski definition) is 4. The maximum atomic E-state index is 5.81. The van der Waals surface area contributed by atoms with E-state index in [1.54, 1.807) is 0 Å². The number of nitrogens with zero attached hydrogens (tertiary/aromatic N) is 3. The Labute approximate surface area is 378 Å². The second-order valence-electron chi connectivity index (χ2n) is 24.1. The van der Waals surface area contributed by atoms with Crippen molar-refractivity contribution in [1.82, 2.24) is 4.98 Å². The van der Waals surface area contributed by atoms with Crippen LogP contribution in [0.2, 0.25) is 0 Å². The predicted molar refractivity (Wildman–Crippen MR) is 272 cm³/mol. The lowest BCUT2D eigenvalue weighted by Crippen LogP contribution is -2.62. The minimum Gasteiger partial charge on any atom is -0.311 e. The molecule has 62 heavy (non-hydrogen) atoms. The van der Waals surface area contributed by atoms with Crippen molar-refractivity contribution < 1.29 is 0 Å². The van der Waals surface area contributed by atoms with E-state index in [0.717, 1.165) is 10.6 Å². The molecule has 0 fully saturated rings. The molecule has 0 amide bonds. The normalized spacial score (nSPS) is 16.7. The van der Waals surface area contributed by atoms with E-state index in [2.05, 4.69) is 218 Å². The van der Waals surface area contributed by atoms with Gasteiger partial charge in [0.1, 0.15) is 10.0 Å². The first-order chi connectivity index (χ1) is 28.7. The van der Waals surface area contributed by atoms with Crippen LogP contribution in [0.3, 0.4) is 0 Å². The summed E-state index contributed by atoms with van der Waals surface area (Å²) < 4.78 is 0. The minimum absolute atomic E-state index is 0.0251. The summed E-state index contributed by atoms with van der Waals surface area (Å²) in [5.74, 6) is 0. The molecule has 1 aliphatic carbocycles. The summed E-state index contributed by atoms with van der Waals surface area (Å²) >= 11 is 1.85. The fraction of sp³-hybridized carbons (Fsp3) is 0.421. The Kier molecular flexibility index (Phi) is 9.60. The molecule has 5 aromatic carbocycles. The maximum Gasteiger partial charge on any atom is 0.276 e. The summed E-state index contributed by atoms with van der Waals surface area (Å²) in [5.41, 5.74) is 19.6. The Hall–Kier alpha value is -4.61. The molecule has 320 valence electrons. The van der Waals surface area contributed by atoms with Crippen LogP contribution in [0, 0.1) is 0 Å². The predicted octanol–water partition coefficient (Wildman–Crippen LogP) is 14.4. The SMILES string of the molecule is CC(C)(C)c1ccc(-c2nc3c(s2)N(c2ccc4c(c2)C(C)(C)CCC4(C)C)c2cc(C(C)(C)C)cc4c2B3c2cc(C(C)(C)C)ccc2N4c2ccc(C(C)(C)C)cc2)cc1. The van der Waals surface area contributed by atoms with Gasteiger partial charge in [-0.15, -0.1) is 0 Å². The number of benzene rings is 5. The van der Waals surface area contributed by atoms with Gasteiger partial charge in [-0.05, 0) is 132 Å². The Bertz CT molecular complexity index is 2720. The number of aromatic nitrogens is 1. The maximum absolute atomic E-state index is 5.81. The quantitative estimate of drug-likeness (QED) is 0.165. The minimum atomic E-state index is -0.0966. The molecule has 0 unspecified atom stereocenters. The second-order valence-corrected chi connectivity index (χ2v) is 25.1. The van der Waals surface area contributed by atoms with Gasteiger partial charge in [0.2, 0.25) is 0 Å². The van der Waals surface area contributed by atoms with E-state index in [0.29, 0.717) is 0 Å². The lowest BCUT2D eigenvalue weighted by atomic mass is 9.35. The van der Waals surface area contributed by atoms with Gasteiger partial charge in [-0.2, -0.15) is 0 Å². The number of rotatable bonds is 3. The Morgan fingerprint density at radius 3 is 1.56 bits per heavy atom. The molecular weight excluding hydrogens is 770 g/mol. The topological polar surface area (TPSA) is 19.4 Å². The number of fused-ring (bicyclic) bond motifs is 5. The molecule has 0 bridgehead atoms. The van der Waals surface area contributed by atoms with E-state index in [1.807, 2.05) is 11.3 Å². The van der Waals surface area contributed by atoms with Crippen molar-refractivity contribution in [3.63, 3.8) is 0 Å². The largest absolute Gasteiger partial charge is 0.311 e. The molecule has 0 radical (unpaired) electrons. The van der Waals surface area contributed by atoms with Crippen molar-refractivity contribution in [3.05, 3.63) is 130 Å². The molecule has 0 saturated heterocycles. The molecule has 3 aliphatic rings. The molecule has 2 aliphatic heterocycles. The number of thiazole rings is 1. The van der Waals surface area contributed by atoms with Gasteiger partial charge in [-0.25, -0.2) is 4.98 Å². The molecule has 0 spiro atoms. The second kappa shape index (κ2) is 13.9. The van der Waals surface area contributed by atoms with Crippen molar-refractivity contribution in [3.8, 4) is 10.6 Å². The van der Waals surface area contributed by atoms with Crippen LogP contribution in [0.1, 0.15) is 157 Å². The van der Waals surface area contributed by atoms with Crippen LogP contribution in [-0.2, 0) is 32.5 Å². The Morgan fingerprint density at radius 2 is 1.00 bits per heavy atom. The van der Waals surface area contributed by atoms with E-state index in [9.17, 15) is 0 Å². The zero-order valence-electron chi connectivity index (χ0n) is 40.5. The first kappa shape index (κ1) is 42.7. The highest BCUT2D eigenvalue weighted by Gasteiger charge is 2.47. The van der Waals surface area contributed by atoms with Crippen molar-refractivity contribution >= 4 is 68.0 Å². The van der Waals surface area contributed by atoms with Crippen LogP contribution in [0.15, 0.2) is 97.1 Å². The molecule has 9 rings (SSSR count). The summed E-state index contributed by atoms with van der Waals surface area (Å²) in [7, 11) is 0. The summed E-state index contributed by atoms with van der Waals surface area (Å²) in [5, 5.41) is 2.29. The van der Waals surface area contributed by atoms with Crippen LogP contribution in [0.5, 0.6) is 0 Å². The summed E-state index contributed by atoms with van der Waals surface area (Å²) in [6.07, 6.45) is 2.36. The first-order valence-corrected chi connectivity index (χ1v) is 23.9. The molecule has 3 nitrogen and oxygen atoms in total. The van der Waals surface area contributed by atoms with Gasteiger partial charge in [0.05, 0.1) is 5.59 Å². The molecule has 6 aromatic rings. The Morgan fingerprint density at radius 1 is 0.500 bits per heavy atom. The lowest BCUT2D eigenvalue weighted by Gasteiger charge is -2.45. The van der Waals surface area contributed by atoms with E-state index in [4.69, 9.17) is 4.98 Å². The van der Waals surface area contributed by atoms with Crippen LogP contribution in [0.4, 0.5) is 33.4 Å². The fourth-order valence-electron chi connectivity index (χ4n) is 10.1. The molecule has 1 aromatic heterocycles. The van der Waals surface area contributed by atoms with Crippen molar-refractivity contribution in [2.24, 2.45) is 0 Å². The third-order valence-corrected chi connectivity index (χ3v) is 15.5. The summed E-state index contributed by atoms with van der Waals surface area (Å²) in [4.78, 5) is 11.0. The molecule has 5 heteroatoms. The Balaban J connectivity index is 1.38.